The number of hydrogen-bond acceptors (Lipinski definition) is 3. The quantitative estimate of drug-likeness (QED) is 0.632. The van der Waals surface area contributed by atoms with Crippen LogP contribution in [0.1, 0.15) is 22.6 Å². The molecule has 0 radical (unpaired) electrons. The predicted octanol–water partition coefficient (Wildman–Crippen LogP) is 5.39. The Balaban J connectivity index is 1.60. The van der Waals surface area contributed by atoms with E-state index in [9.17, 15) is 0 Å². The first-order valence-electron chi connectivity index (χ1n) is 7.38. The molecule has 0 aliphatic carbocycles. The number of aryl methyl sites for hydroxylation is 2. The molecule has 0 N–H and O–H groups in total. The minimum Gasteiger partial charge on any atom is -0.361 e. The average molecular weight is 309 g/mol. The van der Waals surface area contributed by atoms with Gasteiger partial charge in [0.1, 0.15) is 5.76 Å². The van der Waals surface area contributed by atoms with Gasteiger partial charge in [0.25, 0.3) is 0 Å². The van der Waals surface area contributed by atoms with Crippen molar-refractivity contribution in [3.05, 3.63) is 77.2 Å². The molecule has 1 heterocycles. The highest BCUT2D eigenvalue weighted by Gasteiger charge is 2.08. The maximum atomic E-state index is 5.20. The largest absolute Gasteiger partial charge is 0.361 e. The Labute approximate surface area is 135 Å². The van der Waals surface area contributed by atoms with Crippen molar-refractivity contribution in [2.75, 3.05) is 0 Å². The fourth-order valence-electron chi connectivity index (χ4n) is 2.40. The lowest BCUT2D eigenvalue weighted by atomic mass is 10.0. The lowest BCUT2D eigenvalue weighted by Crippen LogP contribution is -1.87. The molecule has 0 saturated heterocycles. The molecule has 0 saturated carbocycles. The van der Waals surface area contributed by atoms with E-state index < -0.39 is 0 Å². The van der Waals surface area contributed by atoms with Crippen molar-refractivity contribution in [2.45, 2.75) is 25.4 Å². The number of nitrogens with zero attached hydrogens (tertiary/aromatic N) is 1. The van der Waals surface area contributed by atoms with Crippen LogP contribution in [0.2, 0.25) is 0 Å². The van der Waals surface area contributed by atoms with Crippen molar-refractivity contribution in [1.29, 1.82) is 0 Å². The van der Waals surface area contributed by atoms with Crippen molar-refractivity contribution >= 4 is 11.8 Å². The summed E-state index contributed by atoms with van der Waals surface area (Å²) < 4.78 is 5.20. The van der Waals surface area contributed by atoms with Gasteiger partial charge in [-0.1, -0.05) is 59.8 Å². The summed E-state index contributed by atoms with van der Waals surface area (Å²) in [6.45, 7) is 3.98. The van der Waals surface area contributed by atoms with Gasteiger partial charge < -0.3 is 4.52 Å². The predicted molar refractivity (Wildman–Crippen MR) is 92.9 cm³/mol. The van der Waals surface area contributed by atoms with Gasteiger partial charge in [0, 0.05) is 17.1 Å². The first-order valence-corrected chi connectivity index (χ1v) is 8.53. The fourth-order valence-corrected chi connectivity index (χ4v) is 3.55. The smallest absolute Gasteiger partial charge is 0.137 e. The van der Waals surface area contributed by atoms with Gasteiger partial charge in [-0.15, -0.1) is 0 Å². The highest BCUT2D eigenvalue weighted by atomic mass is 32.2. The standard InChI is InChI=1S/C19H19NOS/c1-14-19(15(2)21-20-14)13-22-12-16-8-10-18(11-9-16)17-6-4-3-5-7-17/h3-11H,12-13H2,1-2H3. The highest BCUT2D eigenvalue weighted by molar-refractivity contribution is 7.97. The Kier molecular flexibility index (Phi) is 4.64. The Bertz CT molecular complexity index is 712. The minimum absolute atomic E-state index is 0.935. The normalized spacial score (nSPS) is 10.8. The SMILES string of the molecule is Cc1noc(C)c1CSCc1ccc(-c2ccccc2)cc1. The second-order valence-corrected chi connectivity index (χ2v) is 6.34. The van der Waals surface area contributed by atoms with E-state index in [0.29, 0.717) is 0 Å². The van der Waals surface area contributed by atoms with Crippen molar-refractivity contribution in [3.63, 3.8) is 0 Å². The summed E-state index contributed by atoms with van der Waals surface area (Å²) in [4.78, 5) is 0. The van der Waals surface area contributed by atoms with E-state index in [1.165, 1.54) is 22.3 Å². The van der Waals surface area contributed by atoms with Gasteiger partial charge in [0.15, 0.2) is 0 Å². The van der Waals surface area contributed by atoms with Gasteiger partial charge in [-0.2, -0.15) is 11.8 Å². The monoisotopic (exact) mass is 309 g/mol. The summed E-state index contributed by atoms with van der Waals surface area (Å²) >= 11 is 1.89. The van der Waals surface area contributed by atoms with Crippen LogP contribution < -0.4 is 0 Å². The van der Waals surface area contributed by atoms with Crippen LogP contribution in [0.4, 0.5) is 0 Å². The molecule has 112 valence electrons. The van der Waals surface area contributed by atoms with Crippen LogP contribution in [0, 0.1) is 13.8 Å². The molecular formula is C19H19NOS. The van der Waals surface area contributed by atoms with Crippen LogP contribution in [-0.2, 0) is 11.5 Å². The third-order valence-corrected chi connectivity index (χ3v) is 4.79. The molecule has 2 aromatic carbocycles. The third-order valence-electron chi connectivity index (χ3n) is 3.76. The molecular weight excluding hydrogens is 290 g/mol. The maximum absolute atomic E-state index is 5.20. The average Bonchev–Trinajstić information content (AvgIpc) is 2.88. The van der Waals surface area contributed by atoms with Gasteiger partial charge in [-0.3, -0.25) is 0 Å². The first kappa shape index (κ1) is 14.9. The molecule has 2 nitrogen and oxygen atoms in total. The molecule has 1 aromatic heterocycles. The summed E-state index contributed by atoms with van der Waals surface area (Å²) in [5.41, 5.74) is 6.10. The van der Waals surface area contributed by atoms with E-state index >= 15 is 0 Å². The molecule has 0 fully saturated rings. The topological polar surface area (TPSA) is 26.0 Å². The molecule has 0 aliphatic rings. The molecule has 0 spiro atoms. The van der Waals surface area contributed by atoms with Gasteiger partial charge in [0.05, 0.1) is 5.69 Å². The van der Waals surface area contributed by atoms with Crippen LogP contribution in [0.3, 0.4) is 0 Å². The number of rotatable bonds is 5. The summed E-state index contributed by atoms with van der Waals surface area (Å²) in [7, 11) is 0. The number of thioether (sulfide) groups is 1. The van der Waals surface area contributed by atoms with Crippen molar-refractivity contribution < 1.29 is 4.52 Å². The van der Waals surface area contributed by atoms with Gasteiger partial charge in [-0.05, 0) is 30.5 Å². The molecule has 0 unspecified atom stereocenters. The van der Waals surface area contributed by atoms with Crippen LogP contribution in [-0.4, -0.2) is 5.16 Å². The van der Waals surface area contributed by atoms with Crippen molar-refractivity contribution in [2.24, 2.45) is 0 Å². The zero-order valence-electron chi connectivity index (χ0n) is 12.9. The van der Waals surface area contributed by atoms with Gasteiger partial charge in [-0.25, -0.2) is 0 Å². The number of aromatic nitrogens is 1. The van der Waals surface area contributed by atoms with E-state index in [-0.39, 0.29) is 0 Å². The van der Waals surface area contributed by atoms with Crippen LogP contribution in [0.25, 0.3) is 11.1 Å². The highest BCUT2D eigenvalue weighted by Crippen LogP contribution is 2.24. The molecule has 3 rings (SSSR count). The third kappa shape index (κ3) is 3.42. The number of benzene rings is 2. The van der Waals surface area contributed by atoms with Crippen molar-refractivity contribution in [3.8, 4) is 11.1 Å². The van der Waals surface area contributed by atoms with Gasteiger partial charge in [0.2, 0.25) is 0 Å². The lowest BCUT2D eigenvalue weighted by Gasteiger charge is -2.05. The summed E-state index contributed by atoms with van der Waals surface area (Å²) in [5.74, 6) is 2.88. The minimum atomic E-state index is 0.935. The zero-order valence-corrected chi connectivity index (χ0v) is 13.7. The lowest BCUT2D eigenvalue weighted by molar-refractivity contribution is 0.392. The molecule has 3 aromatic rings. The Morgan fingerprint density at radius 2 is 1.55 bits per heavy atom. The molecule has 0 bridgehead atoms. The second-order valence-electron chi connectivity index (χ2n) is 5.36. The Morgan fingerprint density at radius 1 is 0.864 bits per heavy atom. The second kappa shape index (κ2) is 6.84. The van der Waals surface area contributed by atoms with Crippen molar-refractivity contribution in [1.82, 2.24) is 5.16 Å². The van der Waals surface area contributed by atoms with E-state index in [0.717, 1.165) is 23.0 Å². The van der Waals surface area contributed by atoms with E-state index in [1.807, 2.05) is 31.7 Å². The summed E-state index contributed by atoms with van der Waals surface area (Å²) in [5, 5.41) is 4.00. The van der Waals surface area contributed by atoms with Crippen LogP contribution in [0.15, 0.2) is 59.1 Å². The zero-order chi connectivity index (χ0) is 15.4. The summed E-state index contributed by atoms with van der Waals surface area (Å²) in [6, 6.07) is 19.3. The molecule has 0 amide bonds. The van der Waals surface area contributed by atoms with Crippen LogP contribution in [0.5, 0.6) is 0 Å². The van der Waals surface area contributed by atoms with Gasteiger partial charge >= 0.3 is 0 Å². The van der Waals surface area contributed by atoms with Crippen LogP contribution >= 0.6 is 11.8 Å². The van der Waals surface area contributed by atoms with E-state index in [4.69, 9.17) is 4.52 Å². The molecule has 22 heavy (non-hydrogen) atoms. The Hall–Kier alpha value is -2.00. The molecule has 3 heteroatoms. The summed E-state index contributed by atoms with van der Waals surface area (Å²) in [6.07, 6.45) is 0. The first-order chi connectivity index (χ1) is 10.7. The maximum Gasteiger partial charge on any atom is 0.137 e. The molecule has 0 aliphatic heterocycles. The Morgan fingerprint density at radius 3 is 2.18 bits per heavy atom. The fraction of sp³-hybridized carbons (Fsp3) is 0.211. The number of hydrogen-bond donors (Lipinski definition) is 0. The van der Waals surface area contributed by atoms with E-state index in [1.54, 1.807) is 0 Å². The molecule has 0 atom stereocenters. The van der Waals surface area contributed by atoms with E-state index in [2.05, 4.69) is 53.7 Å².